The fourth-order valence-corrected chi connectivity index (χ4v) is 3.74. The Labute approximate surface area is 158 Å². The van der Waals surface area contributed by atoms with Gasteiger partial charge in [-0.3, -0.25) is 4.79 Å². The average molecular weight is 362 g/mol. The summed E-state index contributed by atoms with van der Waals surface area (Å²) in [6, 6.07) is 8.71. The zero-order valence-electron chi connectivity index (χ0n) is 17.1. The lowest BCUT2D eigenvalue weighted by molar-refractivity contribution is -0.170. The quantitative estimate of drug-likeness (QED) is 0.746. The molecule has 0 radical (unpaired) electrons. The van der Waals surface area contributed by atoms with Gasteiger partial charge in [0, 0.05) is 25.0 Å². The molecule has 0 spiro atoms. The molecule has 2 rings (SSSR count). The lowest BCUT2D eigenvalue weighted by Gasteiger charge is -2.57. The van der Waals surface area contributed by atoms with E-state index < -0.39 is 5.54 Å². The van der Waals surface area contributed by atoms with Crippen LogP contribution in [0.1, 0.15) is 51.3 Å². The number of aryl methyl sites for hydroxylation is 1. The molecule has 1 aromatic rings. The molecule has 0 aromatic heterocycles. The van der Waals surface area contributed by atoms with Gasteiger partial charge in [-0.05, 0) is 38.6 Å². The predicted octanol–water partition coefficient (Wildman–Crippen LogP) is 2.50. The number of benzene rings is 1. The van der Waals surface area contributed by atoms with E-state index in [0.29, 0.717) is 19.6 Å². The van der Waals surface area contributed by atoms with Gasteiger partial charge < -0.3 is 20.7 Å². The van der Waals surface area contributed by atoms with Crippen molar-refractivity contribution in [1.29, 1.82) is 0 Å². The maximum absolute atomic E-state index is 12.9. The van der Waals surface area contributed by atoms with Crippen LogP contribution in [-0.2, 0) is 16.0 Å². The van der Waals surface area contributed by atoms with Crippen LogP contribution in [0.25, 0.3) is 0 Å². The second-order valence-electron chi connectivity index (χ2n) is 8.13. The molecule has 1 aliphatic rings. The van der Waals surface area contributed by atoms with Crippen molar-refractivity contribution < 1.29 is 9.53 Å². The maximum Gasteiger partial charge on any atom is 0.240 e. The van der Waals surface area contributed by atoms with Crippen LogP contribution in [0.4, 0.5) is 0 Å². The number of likely N-dealkylation sites (N-methyl/N-ethyl adjacent to an activating group) is 1. The number of hydrogen-bond donors (Lipinski definition) is 2. The fraction of sp³-hybridized carbons (Fsp3) is 0.667. The predicted molar refractivity (Wildman–Crippen MR) is 106 cm³/mol. The third kappa shape index (κ3) is 3.80. The van der Waals surface area contributed by atoms with Crippen molar-refractivity contribution in [3.8, 4) is 0 Å². The van der Waals surface area contributed by atoms with Crippen molar-refractivity contribution in [2.24, 2.45) is 11.1 Å². The molecule has 0 bridgehead atoms. The first kappa shape index (κ1) is 20.9. The molecule has 3 N–H and O–H groups in total. The Morgan fingerprint density at radius 1 is 1.31 bits per heavy atom. The Morgan fingerprint density at radius 2 is 1.92 bits per heavy atom. The van der Waals surface area contributed by atoms with Gasteiger partial charge in [-0.25, -0.2) is 0 Å². The molecule has 1 amide bonds. The van der Waals surface area contributed by atoms with Gasteiger partial charge in [-0.1, -0.05) is 45.0 Å². The standard InChI is InChI=1S/C21H35N3O2/c1-7-15-9-11-16(12-10-15)17(24(5)6)14-23-19(25)21(22)13-18(26-8-2)20(21,3)4/h9-12,17-18H,7-8,13-14,22H2,1-6H3,(H,23,25). The van der Waals surface area contributed by atoms with Gasteiger partial charge in [-0.15, -0.1) is 0 Å². The van der Waals surface area contributed by atoms with Crippen molar-refractivity contribution in [2.75, 3.05) is 27.2 Å². The smallest absolute Gasteiger partial charge is 0.240 e. The van der Waals surface area contributed by atoms with Crippen molar-refractivity contribution in [2.45, 2.75) is 58.2 Å². The Hall–Kier alpha value is -1.43. The summed E-state index contributed by atoms with van der Waals surface area (Å²) in [5, 5.41) is 3.09. The molecule has 3 atom stereocenters. The summed E-state index contributed by atoms with van der Waals surface area (Å²) < 4.78 is 5.73. The van der Waals surface area contributed by atoms with Gasteiger partial charge >= 0.3 is 0 Å². The van der Waals surface area contributed by atoms with Crippen LogP contribution in [0, 0.1) is 5.41 Å². The number of carbonyl (C=O) groups is 1. The zero-order valence-corrected chi connectivity index (χ0v) is 17.1. The first-order valence-corrected chi connectivity index (χ1v) is 9.61. The van der Waals surface area contributed by atoms with Crippen molar-refractivity contribution in [3.63, 3.8) is 0 Å². The number of nitrogens with one attached hydrogen (secondary N) is 1. The van der Waals surface area contributed by atoms with Crippen LogP contribution in [0.3, 0.4) is 0 Å². The van der Waals surface area contributed by atoms with Gasteiger partial charge in [-0.2, -0.15) is 0 Å². The number of hydrogen-bond acceptors (Lipinski definition) is 4. The maximum atomic E-state index is 12.9. The molecule has 1 saturated carbocycles. The molecule has 0 saturated heterocycles. The summed E-state index contributed by atoms with van der Waals surface area (Å²) in [6.45, 7) is 9.33. The van der Waals surface area contributed by atoms with Gasteiger partial charge in [0.2, 0.25) is 5.91 Å². The van der Waals surface area contributed by atoms with E-state index in [1.54, 1.807) is 0 Å². The van der Waals surface area contributed by atoms with Crippen LogP contribution in [0.5, 0.6) is 0 Å². The molecule has 0 heterocycles. The van der Waals surface area contributed by atoms with Crippen LogP contribution >= 0.6 is 0 Å². The number of nitrogens with two attached hydrogens (primary N) is 1. The minimum absolute atomic E-state index is 0.0366. The summed E-state index contributed by atoms with van der Waals surface area (Å²) in [6.07, 6.45) is 1.63. The molecule has 3 unspecified atom stereocenters. The van der Waals surface area contributed by atoms with Gasteiger partial charge in [0.1, 0.15) is 5.54 Å². The van der Waals surface area contributed by atoms with Gasteiger partial charge in [0.05, 0.1) is 12.1 Å². The first-order chi connectivity index (χ1) is 12.2. The molecule has 5 nitrogen and oxygen atoms in total. The summed E-state index contributed by atoms with van der Waals surface area (Å²) >= 11 is 0. The molecule has 26 heavy (non-hydrogen) atoms. The largest absolute Gasteiger partial charge is 0.378 e. The molecule has 146 valence electrons. The summed E-state index contributed by atoms with van der Waals surface area (Å²) in [4.78, 5) is 15.0. The monoisotopic (exact) mass is 361 g/mol. The fourth-order valence-electron chi connectivity index (χ4n) is 3.74. The van der Waals surface area contributed by atoms with E-state index in [1.165, 1.54) is 11.1 Å². The van der Waals surface area contributed by atoms with Crippen LogP contribution in [0.2, 0.25) is 0 Å². The second kappa shape index (κ2) is 8.07. The summed E-state index contributed by atoms with van der Waals surface area (Å²) in [5.41, 5.74) is 7.73. The highest BCUT2D eigenvalue weighted by molar-refractivity contribution is 5.88. The number of ether oxygens (including phenoxy) is 1. The molecule has 5 heteroatoms. The van der Waals surface area contributed by atoms with E-state index in [1.807, 2.05) is 34.9 Å². The highest BCUT2D eigenvalue weighted by Crippen LogP contribution is 2.49. The van der Waals surface area contributed by atoms with Crippen LogP contribution in [-0.4, -0.2) is 49.7 Å². The third-order valence-electron chi connectivity index (χ3n) is 6.09. The number of nitrogens with zero attached hydrogens (tertiary/aromatic N) is 1. The van der Waals surface area contributed by atoms with E-state index in [-0.39, 0.29) is 23.5 Å². The molecule has 1 aliphatic carbocycles. The van der Waals surface area contributed by atoms with Crippen molar-refractivity contribution in [3.05, 3.63) is 35.4 Å². The minimum Gasteiger partial charge on any atom is -0.378 e. The Morgan fingerprint density at radius 3 is 2.38 bits per heavy atom. The van der Waals surface area contributed by atoms with E-state index in [9.17, 15) is 4.79 Å². The molecule has 1 fully saturated rings. The SMILES string of the molecule is CCOC1CC(N)(C(=O)NCC(c2ccc(CC)cc2)N(C)C)C1(C)C. The number of carbonyl (C=O) groups excluding carboxylic acids is 1. The minimum atomic E-state index is -0.879. The molecular weight excluding hydrogens is 326 g/mol. The third-order valence-corrected chi connectivity index (χ3v) is 6.09. The molecule has 1 aromatic carbocycles. The van der Waals surface area contributed by atoms with Gasteiger partial charge in [0.25, 0.3) is 0 Å². The zero-order chi connectivity index (χ0) is 19.5. The number of amides is 1. The Kier molecular flexibility index (Phi) is 6.48. The van der Waals surface area contributed by atoms with Gasteiger partial charge in [0.15, 0.2) is 0 Å². The molecular formula is C21H35N3O2. The van der Waals surface area contributed by atoms with E-state index in [0.717, 1.165) is 6.42 Å². The van der Waals surface area contributed by atoms with E-state index in [4.69, 9.17) is 10.5 Å². The van der Waals surface area contributed by atoms with E-state index in [2.05, 4.69) is 41.4 Å². The van der Waals surface area contributed by atoms with Crippen LogP contribution in [0.15, 0.2) is 24.3 Å². The summed E-state index contributed by atoms with van der Waals surface area (Å²) in [5.74, 6) is -0.0875. The summed E-state index contributed by atoms with van der Waals surface area (Å²) in [7, 11) is 4.06. The lowest BCUT2D eigenvalue weighted by Crippen LogP contribution is -2.76. The Balaban J connectivity index is 2.03. The first-order valence-electron chi connectivity index (χ1n) is 9.61. The highest BCUT2D eigenvalue weighted by atomic mass is 16.5. The highest BCUT2D eigenvalue weighted by Gasteiger charge is 2.62. The van der Waals surface area contributed by atoms with Crippen LogP contribution < -0.4 is 11.1 Å². The lowest BCUT2D eigenvalue weighted by atomic mass is 9.54. The van der Waals surface area contributed by atoms with Crippen molar-refractivity contribution >= 4 is 5.91 Å². The Bertz CT molecular complexity index is 612. The number of rotatable bonds is 8. The van der Waals surface area contributed by atoms with E-state index >= 15 is 0 Å². The topological polar surface area (TPSA) is 67.6 Å². The second-order valence-corrected chi connectivity index (χ2v) is 8.13. The normalized spacial score (nSPS) is 25.6. The average Bonchev–Trinajstić information content (AvgIpc) is 2.61. The molecule has 0 aliphatic heterocycles. The van der Waals surface area contributed by atoms with Crippen molar-refractivity contribution in [1.82, 2.24) is 10.2 Å².